The maximum absolute atomic E-state index is 11.3. The molecule has 0 aliphatic carbocycles. The van der Waals surface area contributed by atoms with Gasteiger partial charge in [0, 0.05) is 7.05 Å². The van der Waals surface area contributed by atoms with E-state index in [0.29, 0.717) is 4.67 Å². The third kappa shape index (κ3) is 1.86. The van der Waals surface area contributed by atoms with Crippen molar-refractivity contribution >= 4 is 21.8 Å². The van der Waals surface area contributed by atoms with Gasteiger partial charge in [0.25, 0.3) is 0 Å². The lowest BCUT2D eigenvalue weighted by Crippen LogP contribution is -2.24. The number of carbonyl (C=O) groups is 1. The van der Waals surface area contributed by atoms with E-state index in [-0.39, 0.29) is 11.7 Å². The second kappa shape index (κ2) is 3.73. The van der Waals surface area contributed by atoms with Gasteiger partial charge in [0.15, 0.2) is 10.4 Å². The zero-order chi connectivity index (χ0) is 9.14. The molecule has 1 rings (SSSR count). The lowest BCUT2D eigenvalue weighted by atomic mass is 10.4. The van der Waals surface area contributed by atoms with Gasteiger partial charge < -0.3 is 4.42 Å². The van der Waals surface area contributed by atoms with Crippen LogP contribution in [-0.2, 0) is 4.84 Å². The van der Waals surface area contributed by atoms with Crippen LogP contribution in [0.1, 0.15) is 10.6 Å². The van der Waals surface area contributed by atoms with Crippen molar-refractivity contribution in [1.82, 2.24) is 5.06 Å². The Morgan fingerprint density at radius 1 is 1.67 bits per heavy atom. The van der Waals surface area contributed by atoms with Crippen molar-refractivity contribution in [2.24, 2.45) is 0 Å². The van der Waals surface area contributed by atoms with Crippen molar-refractivity contribution in [3.8, 4) is 0 Å². The normalized spacial score (nSPS) is 9.92. The van der Waals surface area contributed by atoms with E-state index in [1.165, 1.54) is 14.2 Å². The first-order valence-electron chi connectivity index (χ1n) is 3.22. The summed E-state index contributed by atoms with van der Waals surface area (Å²) in [4.78, 5) is 16.0. The fourth-order valence-electron chi connectivity index (χ4n) is 0.667. The SMILES string of the molecule is CON(C)C(=O)c1ccc(Br)o1. The molecule has 1 heterocycles. The van der Waals surface area contributed by atoms with Gasteiger partial charge in [0.2, 0.25) is 0 Å². The Bertz CT molecular complexity index is 284. The maximum Gasteiger partial charge on any atom is 0.312 e. The van der Waals surface area contributed by atoms with Gasteiger partial charge in [-0.05, 0) is 28.1 Å². The summed E-state index contributed by atoms with van der Waals surface area (Å²) < 4.78 is 5.54. The van der Waals surface area contributed by atoms with Gasteiger partial charge >= 0.3 is 5.91 Å². The largest absolute Gasteiger partial charge is 0.444 e. The van der Waals surface area contributed by atoms with Crippen LogP contribution in [0.25, 0.3) is 0 Å². The molecule has 0 aliphatic heterocycles. The molecule has 5 heteroatoms. The van der Waals surface area contributed by atoms with E-state index in [2.05, 4.69) is 20.8 Å². The molecule has 1 aromatic heterocycles. The molecule has 1 amide bonds. The highest BCUT2D eigenvalue weighted by atomic mass is 79.9. The second-order valence-corrected chi connectivity index (χ2v) is 2.87. The van der Waals surface area contributed by atoms with Crippen LogP contribution < -0.4 is 0 Å². The lowest BCUT2D eigenvalue weighted by molar-refractivity contribution is -0.0773. The van der Waals surface area contributed by atoms with Gasteiger partial charge in [0.05, 0.1) is 7.11 Å². The maximum atomic E-state index is 11.3. The van der Waals surface area contributed by atoms with Gasteiger partial charge in [-0.2, -0.15) is 0 Å². The monoisotopic (exact) mass is 233 g/mol. The molecule has 0 aliphatic rings. The lowest BCUT2D eigenvalue weighted by Gasteiger charge is -2.10. The zero-order valence-electron chi connectivity index (χ0n) is 6.70. The van der Waals surface area contributed by atoms with Crippen molar-refractivity contribution in [2.45, 2.75) is 0 Å². The number of carbonyl (C=O) groups excluding carboxylic acids is 1. The molecule has 0 spiro atoms. The molecule has 66 valence electrons. The standard InChI is InChI=1S/C7H8BrNO3/c1-9(11-2)7(10)5-3-4-6(8)12-5/h3-4H,1-2H3. The molecule has 0 bridgehead atoms. The molecule has 4 nitrogen and oxygen atoms in total. The van der Waals surface area contributed by atoms with E-state index >= 15 is 0 Å². The van der Waals surface area contributed by atoms with E-state index in [1.54, 1.807) is 12.1 Å². The predicted molar refractivity (Wildman–Crippen MR) is 45.5 cm³/mol. The molecule has 0 radical (unpaired) electrons. The van der Waals surface area contributed by atoms with Crippen LogP contribution in [0, 0.1) is 0 Å². The van der Waals surface area contributed by atoms with E-state index in [4.69, 9.17) is 4.42 Å². The Morgan fingerprint density at radius 2 is 2.33 bits per heavy atom. The minimum Gasteiger partial charge on any atom is -0.444 e. The first kappa shape index (κ1) is 9.28. The summed E-state index contributed by atoms with van der Waals surface area (Å²) in [5, 5.41) is 1.09. The van der Waals surface area contributed by atoms with E-state index in [9.17, 15) is 4.79 Å². The van der Waals surface area contributed by atoms with Crippen LogP contribution in [0.2, 0.25) is 0 Å². The van der Waals surface area contributed by atoms with Crippen LogP contribution in [-0.4, -0.2) is 25.1 Å². The summed E-state index contributed by atoms with van der Waals surface area (Å²) in [5.41, 5.74) is 0. The van der Waals surface area contributed by atoms with E-state index in [0.717, 1.165) is 5.06 Å². The third-order valence-electron chi connectivity index (χ3n) is 1.34. The van der Waals surface area contributed by atoms with E-state index < -0.39 is 0 Å². The summed E-state index contributed by atoms with van der Waals surface area (Å²) in [6, 6.07) is 3.22. The summed E-state index contributed by atoms with van der Waals surface area (Å²) in [5.74, 6) is -0.0746. The molecule has 0 aromatic carbocycles. The molecule has 0 N–H and O–H groups in total. The number of hydroxylamine groups is 2. The molecule has 0 unspecified atom stereocenters. The molecule has 12 heavy (non-hydrogen) atoms. The van der Waals surface area contributed by atoms with Crippen LogP contribution in [0.3, 0.4) is 0 Å². The molecule has 0 saturated heterocycles. The van der Waals surface area contributed by atoms with Crippen molar-refractivity contribution in [1.29, 1.82) is 0 Å². The van der Waals surface area contributed by atoms with Crippen LogP contribution >= 0.6 is 15.9 Å². The molecular formula is C7H8BrNO3. The first-order chi connectivity index (χ1) is 5.65. The van der Waals surface area contributed by atoms with Crippen molar-refractivity contribution in [3.05, 3.63) is 22.6 Å². The van der Waals surface area contributed by atoms with Gasteiger partial charge in [0.1, 0.15) is 0 Å². The summed E-state index contributed by atoms with van der Waals surface area (Å²) >= 11 is 3.09. The molecule has 0 atom stereocenters. The Morgan fingerprint density at radius 3 is 2.75 bits per heavy atom. The van der Waals surface area contributed by atoms with Gasteiger partial charge in [-0.3, -0.25) is 9.63 Å². The fourth-order valence-corrected chi connectivity index (χ4v) is 0.974. The highest BCUT2D eigenvalue weighted by molar-refractivity contribution is 9.10. The van der Waals surface area contributed by atoms with Gasteiger partial charge in [-0.1, -0.05) is 0 Å². The number of hydrogen-bond acceptors (Lipinski definition) is 3. The fraction of sp³-hybridized carbons (Fsp3) is 0.286. The Balaban J connectivity index is 2.78. The number of hydrogen-bond donors (Lipinski definition) is 0. The van der Waals surface area contributed by atoms with Crippen LogP contribution in [0.4, 0.5) is 0 Å². The van der Waals surface area contributed by atoms with E-state index in [1.807, 2.05) is 0 Å². The summed E-state index contributed by atoms with van der Waals surface area (Å²) in [7, 11) is 2.93. The second-order valence-electron chi connectivity index (χ2n) is 2.09. The number of amides is 1. The Hall–Kier alpha value is -0.810. The minimum atomic E-state index is -0.316. The van der Waals surface area contributed by atoms with Crippen LogP contribution in [0.15, 0.2) is 21.2 Å². The summed E-state index contributed by atoms with van der Waals surface area (Å²) in [6.07, 6.45) is 0. The highest BCUT2D eigenvalue weighted by Crippen LogP contribution is 2.15. The number of furan rings is 1. The first-order valence-corrected chi connectivity index (χ1v) is 4.02. The van der Waals surface area contributed by atoms with Crippen molar-refractivity contribution < 1.29 is 14.0 Å². The molecule has 1 aromatic rings. The van der Waals surface area contributed by atoms with Crippen molar-refractivity contribution in [2.75, 3.05) is 14.2 Å². The third-order valence-corrected chi connectivity index (χ3v) is 1.77. The average Bonchev–Trinajstić information content (AvgIpc) is 2.49. The van der Waals surface area contributed by atoms with Crippen molar-refractivity contribution in [3.63, 3.8) is 0 Å². The molecule has 0 fully saturated rings. The summed E-state index contributed by atoms with van der Waals surface area (Å²) in [6.45, 7) is 0. The number of halogens is 1. The highest BCUT2D eigenvalue weighted by Gasteiger charge is 2.14. The average molecular weight is 234 g/mol. The zero-order valence-corrected chi connectivity index (χ0v) is 8.29. The van der Waals surface area contributed by atoms with Crippen LogP contribution in [0.5, 0.6) is 0 Å². The van der Waals surface area contributed by atoms with Gasteiger partial charge in [-0.15, -0.1) is 0 Å². The molecular weight excluding hydrogens is 226 g/mol. The minimum absolute atomic E-state index is 0.242. The topological polar surface area (TPSA) is 42.7 Å². The molecule has 0 saturated carbocycles. The van der Waals surface area contributed by atoms with Gasteiger partial charge in [-0.25, -0.2) is 5.06 Å². The smallest absolute Gasteiger partial charge is 0.312 e. The predicted octanol–water partition coefficient (Wildman–Crippen LogP) is 1.68. The Kier molecular flexibility index (Phi) is 2.88. The number of nitrogens with zero attached hydrogens (tertiary/aromatic N) is 1. The quantitative estimate of drug-likeness (QED) is 0.731. The Labute approximate surface area is 78.2 Å². The number of rotatable bonds is 2.